The first-order chi connectivity index (χ1) is 8.15. The van der Waals surface area contributed by atoms with E-state index in [1.54, 1.807) is 0 Å². The van der Waals surface area contributed by atoms with Crippen LogP contribution in [0.25, 0.3) is 0 Å². The van der Waals surface area contributed by atoms with Crippen molar-refractivity contribution >= 4 is 0 Å². The molecule has 0 saturated heterocycles. The van der Waals surface area contributed by atoms with Gasteiger partial charge in [-0.15, -0.1) is 0 Å². The predicted octanol–water partition coefficient (Wildman–Crippen LogP) is 2.64. The van der Waals surface area contributed by atoms with E-state index in [4.69, 9.17) is 10.3 Å². The van der Waals surface area contributed by atoms with Crippen LogP contribution in [0.5, 0.6) is 0 Å². The van der Waals surface area contributed by atoms with Gasteiger partial charge in [0.1, 0.15) is 0 Å². The van der Waals surface area contributed by atoms with E-state index in [0.29, 0.717) is 5.92 Å². The molecule has 1 fully saturated rings. The highest BCUT2D eigenvalue weighted by Gasteiger charge is 2.24. The van der Waals surface area contributed by atoms with Gasteiger partial charge in [0.2, 0.25) is 5.89 Å². The molecule has 1 aromatic heterocycles. The molecule has 2 rings (SSSR count). The molecule has 1 saturated carbocycles. The summed E-state index contributed by atoms with van der Waals surface area (Å²) in [4.78, 5) is 4.48. The van der Waals surface area contributed by atoms with Gasteiger partial charge in [0.25, 0.3) is 0 Å². The summed E-state index contributed by atoms with van der Waals surface area (Å²) < 4.78 is 5.32. The Morgan fingerprint density at radius 3 is 2.76 bits per heavy atom. The Morgan fingerprint density at radius 2 is 2.12 bits per heavy atom. The maximum absolute atomic E-state index is 5.73. The summed E-state index contributed by atoms with van der Waals surface area (Å²) in [5, 5.41) is 4.05. The highest BCUT2D eigenvalue weighted by Crippen LogP contribution is 2.32. The van der Waals surface area contributed by atoms with Crippen molar-refractivity contribution in [2.45, 2.75) is 64.3 Å². The zero-order valence-electron chi connectivity index (χ0n) is 10.9. The number of rotatable bonds is 7. The fraction of sp³-hybridized carbons (Fsp3) is 0.846. The minimum absolute atomic E-state index is 0.287. The van der Waals surface area contributed by atoms with Crippen molar-refractivity contribution in [2.24, 2.45) is 11.7 Å². The molecule has 0 aromatic carbocycles. The van der Waals surface area contributed by atoms with Crippen molar-refractivity contribution in [2.75, 3.05) is 0 Å². The van der Waals surface area contributed by atoms with Gasteiger partial charge in [0, 0.05) is 18.4 Å². The minimum Gasteiger partial charge on any atom is -0.339 e. The van der Waals surface area contributed by atoms with Gasteiger partial charge in [-0.1, -0.05) is 18.5 Å². The molecule has 0 bridgehead atoms. The molecule has 2 unspecified atom stereocenters. The van der Waals surface area contributed by atoms with Crippen LogP contribution >= 0.6 is 0 Å². The maximum atomic E-state index is 5.73. The monoisotopic (exact) mass is 237 g/mol. The Hall–Kier alpha value is -0.900. The molecule has 4 nitrogen and oxygen atoms in total. The third-order valence-electron chi connectivity index (χ3n) is 3.37. The third-order valence-corrected chi connectivity index (χ3v) is 3.37. The summed E-state index contributed by atoms with van der Waals surface area (Å²) in [5.41, 5.74) is 5.73. The molecule has 2 N–H and O–H groups in total. The third kappa shape index (κ3) is 4.11. The average molecular weight is 237 g/mol. The van der Waals surface area contributed by atoms with Crippen molar-refractivity contribution in [1.82, 2.24) is 10.1 Å². The molecule has 96 valence electrons. The molecule has 4 heteroatoms. The summed E-state index contributed by atoms with van der Waals surface area (Å²) in [7, 11) is 0. The highest BCUT2D eigenvalue weighted by molar-refractivity contribution is 4.95. The molecule has 1 aromatic rings. The molecule has 17 heavy (non-hydrogen) atoms. The fourth-order valence-electron chi connectivity index (χ4n) is 2.00. The van der Waals surface area contributed by atoms with Gasteiger partial charge in [-0.05, 0) is 38.5 Å². The number of hydrogen-bond donors (Lipinski definition) is 1. The van der Waals surface area contributed by atoms with Gasteiger partial charge in [-0.2, -0.15) is 4.98 Å². The molecule has 0 spiro atoms. The highest BCUT2D eigenvalue weighted by atomic mass is 16.5. The standard InChI is InChI=1S/C13H23N3O/c1-9(4-3-5-10(2)14)13-15-12(16-17-13)8-11-6-7-11/h9-11H,3-8,14H2,1-2H3. The molecule has 0 aliphatic heterocycles. The van der Waals surface area contributed by atoms with Gasteiger partial charge in [0.15, 0.2) is 5.82 Å². The summed E-state index contributed by atoms with van der Waals surface area (Å²) >= 11 is 0. The van der Waals surface area contributed by atoms with Crippen LogP contribution in [0.15, 0.2) is 4.52 Å². The van der Waals surface area contributed by atoms with E-state index in [2.05, 4.69) is 17.1 Å². The zero-order chi connectivity index (χ0) is 12.3. The number of nitrogens with zero attached hydrogens (tertiary/aromatic N) is 2. The summed E-state index contributed by atoms with van der Waals surface area (Å²) in [6, 6.07) is 0.287. The Labute approximate surface area is 103 Å². The first-order valence-corrected chi connectivity index (χ1v) is 6.73. The Morgan fingerprint density at radius 1 is 1.35 bits per heavy atom. The van der Waals surface area contributed by atoms with Crippen LogP contribution in [0.4, 0.5) is 0 Å². The normalized spacial score (nSPS) is 19.2. The second kappa shape index (κ2) is 5.63. The second-order valence-electron chi connectivity index (χ2n) is 5.51. The fourth-order valence-corrected chi connectivity index (χ4v) is 2.00. The molecule has 1 heterocycles. The smallest absolute Gasteiger partial charge is 0.229 e. The van der Waals surface area contributed by atoms with Crippen LogP contribution in [0.3, 0.4) is 0 Å². The van der Waals surface area contributed by atoms with Crippen LogP contribution in [0.2, 0.25) is 0 Å². The number of hydrogen-bond acceptors (Lipinski definition) is 4. The zero-order valence-corrected chi connectivity index (χ0v) is 10.9. The lowest BCUT2D eigenvalue weighted by Crippen LogP contribution is -2.14. The van der Waals surface area contributed by atoms with E-state index >= 15 is 0 Å². The lowest BCUT2D eigenvalue weighted by molar-refractivity contribution is 0.345. The predicted molar refractivity (Wildman–Crippen MR) is 66.6 cm³/mol. The topological polar surface area (TPSA) is 64.9 Å². The van der Waals surface area contributed by atoms with Gasteiger partial charge < -0.3 is 10.3 Å². The first-order valence-electron chi connectivity index (χ1n) is 6.73. The van der Waals surface area contributed by atoms with Crippen molar-refractivity contribution in [1.29, 1.82) is 0 Å². The van der Waals surface area contributed by atoms with Gasteiger partial charge >= 0.3 is 0 Å². The average Bonchev–Trinajstić information content (AvgIpc) is 2.93. The van der Waals surface area contributed by atoms with Gasteiger partial charge in [-0.3, -0.25) is 0 Å². The first kappa shape index (κ1) is 12.6. The van der Waals surface area contributed by atoms with Gasteiger partial charge in [-0.25, -0.2) is 0 Å². The Balaban J connectivity index is 1.77. The lowest BCUT2D eigenvalue weighted by atomic mass is 10.0. The maximum Gasteiger partial charge on any atom is 0.229 e. The largest absolute Gasteiger partial charge is 0.339 e. The lowest BCUT2D eigenvalue weighted by Gasteiger charge is -2.07. The van der Waals surface area contributed by atoms with Crippen LogP contribution in [0, 0.1) is 5.92 Å². The van der Waals surface area contributed by atoms with Crippen LogP contribution in [-0.2, 0) is 6.42 Å². The van der Waals surface area contributed by atoms with Crippen molar-refractivity contribution in [3.63, 3.8) is 0 Å². The van der Waals surface area contributed by atoms with Crippen LogP contribution in [0.1, 0.15) is 63.6 Å². The number of nitrogens with two attached hydrogens (primary N) is 1. The van der Waals surface area contributed by atoms with Crippen molar-refractivity contribution < 1.29 is 4.52 Å². The van der Waals surface area contributed by atoms with E-state index in [1.807, 2.05) is 6.92 Å². The minimum atomic E-state index is 0.287. The Bertz CT molecular complexity index is 344. The summed E-state index contributed by atoms with van der Waals surface area (Å²) in [5.74, 6) is 2.86. The molecular weight excluding hydrogens is 214 g/mol. The van der Waals surface area contributed by atoms with Crippen molar-refractivity contribution in [3.05, 3.63) is 11.7 Å². The van der Waals surface area contributed by atoms with Crippen molar-refractivity contribution in [3.8, 4) is 0 Å². The molecule has 0 amide bonds. The molecule has 0 radical (unpaired) electrons. The molecular formula is C13H23N3O. The molecule has 1 aliphatic rings. The summed E-state index contributed by atoms with van der Waals surface area (Å²) in [6.45, 7) is 4.20. The van der Waals surface area contributed by atoms with Gasteiger partial charge in [0.05, 0.1) is 0 Å². The van der Waals surface area contributed by atoms with E-state index in [1.165, 1.54) is 12.8 Å². The molecule has 1 aliphatic carbocycles. The Kier molecular flexibility index (Phi) is 4.15. The van der Waals surface area contributed by atoms with E-state index in [9.17, 15) is 0 Å². The molecule has 2 atom stereocenters. The van der Waals surface area contributed by atoms with Crippen LogP contribution in [-0.4, -0.2) is 16.2 Å². The van der Waals surface area contributed by atoms with E-state index in [-0.39, 0.29) is 6.04 Å². The van der Waals surface area contributed by atoms with Crippen LogP contribution < -0.4 is 5.73 Å². The summed E-state index contributed by atoms with van der Waals surface area (Å²) in [6.07, 6.45) is 6.91. The quantitative estimate of drug-likeness (QED) is 0.791. The SMILES string of the molecule is CC(N)CCCC(C)c1nc(CC2CC2)no1. The second-order valence-corrected chi connectivity index (χ2v) is 5.51. The number of aromatic nitrogens is 2. The van der Waals surface area contributed by atoms with E-state index in [0.717, 1.165) is 43.3 Å². The van der Waals surface area contributed by atoms with E-state index < -0.39 is 0 Å².